The van der Waals surface area contributed by atoms with Crippen molar-refractivity contribution in [3.63, 3.8) is 0 Å². The molecule has 5 heteroatoms. The molecule has 0 aliphatic rings. The lowest BCUT2D eigenvalue weighted by atomic mass is 10.0. The van der Waals surface area contributed by atoms with Crippen molar-refractivity contribution < 1.29 is 15.0 Å². The molecule has 0 spiro atoms. The van der Waals surface area contributed by atoms with Crippen LogP contribution in [0.2, 0.25) is 0 Å². The fraction of sp³-hybridized carbons (Fsp3) is 0.105. The second-order valence-electron chi connectivity index (χ2n) is 5.76. The zero-order valence-electron chi connectivity index (χ0n) is 13.3. The quantitative estimate of drug-likeness (QED) is 0.668. The molecule has 4 nitrogen and oxygen atoms in total. The number of thiophene rings is 1. The molecule has 0 atom stereocenters. The molecule has 3 rings (SSSR count). The number of phenolic OH excluding ortho intramolecular Hbond substituents is 2. The van der Waals surface area contributed by atoms with Crippen molar-refractivity contribution in [2.75, 3.05) is 0 Å². The third-order valence-electron chi connectivity index (χ3n) is 3.81. The Morgan fingerprint density at radius 2 is 1.46 bits per heavy atom. The van der Waals surface area contributed by atoms with Crippen molar-refractivity contribution in [1.82, 2.24) is 0 Å². The molecule has 0 aliphatic carbocycles. The summed E-state index contributed by atoms with van der Waals surface area (Å²) < 4.78 is 0. The van der Waals surface area contributed by atoms with Crippen LogP contribution in [0, 0.1) is 13.8 Å². The van der Waals surface area contributed by atoms with Crippen LogP contribution >= 0.6 is 11.3 Å². The molecule has 1 aromatic heterocycles. The summed E-state index contributed by atoms with van der Waals surface area (Å²) in [6.45, 7) is 3.77. The number of rotatable bonds is 3. The Morgan fingerprint density at radius 1 is 0.917 bits per heavy atom. The van der Waals surface area contributed by atoms with E-state index < -0.39 is 5.91 Å². The average molecular weight is 339 g/mol. The van der Waals surface area contributed by atoms with Crippen LogP contribution in [-0.2, 0) is 0 Å². The van der Waals surface area contributed by atoms with Gasteiger partial charge >= 0.3 is 0 Å². The highest BCUT2D eigenvalue weighted by atomic mass is 32.1. The van der Waals surface area contributed by atoms with Gasteiger partial charge in [-0.05, 0) is 55.3 Å². The van der Waals surface area contributed by atoms with E-state index in [1.54, 1.807) is 30.3 Å². The Bertz CT molecular complexity index is 944. The van der Waals surface area contributed by atoms with Crippen molar-refractivity contribution in [1.29, 1.82) is 0 Å². The van der Waals surface area contributed by atoms with Gasteiger partial charge in [-0.2, -0.15) is 0 Å². The number of amides is 1. The number of nitrogens with two attached hydrogens (primary N) is 1. The molecule has 0 radical (unpaired) electrons. The summed E-state index contributed by atoms with van der Waals surface area (Å²) in [6, 6.07) is 12.3. The lowest BCUT2D eigenvalue weighted by molar-refractivity contribution is 0.100. The number of hydrogen-bond acceptors (Lipinski definition) is 4. The normalized spacial score (nSPS) is 10.8. The molecule has 4 N–H and O–H groups in total. The second kappa shape index (κ2) is 6.02. The Kier molecular flexibility index (Phi) is 4.03. The van der Waals surface area contributed by atoms with Crippen LogP contribution in [0.5, 0.6) is 11.5 Å². The number of carbonyl (C=O) groups excluding carboxylic acids is 1. The first-order valence-electron chi connectivity index (χ1n) is 7.40. The third kappa shape index (κ3) is 2.86. The maximum atomic E-state index is 11.8. The minimum absolute atomic E-state index is 0.0963. The van der Waals surface area contributed by atoms with Crippen molar-refractivity contribution in [3.05, 3.63) is 59.2 Å². The van der Waals surface area contributed by atoms with Crippen LogP contribution in [0.15, 0.2) is 42.5 Å². The minimum atomic E-state index is -0.570. The SMILES string of the molecule is Cc1ccc(-c2cc(C(N)=O)c(-c3ccc(C)cc3O)s2)c(O)c1. The Hall–Kier alpha value is -2.79. The molecular formula is C19H17NO3S. The first-order chi connectivity index (χ1) is 11.4. The summed E-state index contributed by atoms with van der Waals surface area (Å²) in [4.78, 5) is 13.2. The van der Waals surface area contributed by atoms with Gasteiger partial charge in [0.15, 0.2) is 0 Å². The number of primary amides is 1. The lowest BCUT2D eigenvalue weighted by Gasteiger charge is -2.05. The first-order valence-corrected chi connectivity index (χ1v) is 8.22. The van der Waals surface area contributed by atoms with Gasteiger partial charge in [0.05, 0.1) is 10.4 Å². The van der Waals surface area contributed by atoms with E-state index in [9.17, 15) is 15.0 Å². The standard InChI is InChI=1S/C19H17NO3S/c1-10-3-5-12(15(21)7-10)17-9-14(19(20)23)18(24-17)13-6-4-11(2)8-16(13)22/h3-9,21-22H,1-2H3,(H2,20,23). The van der Waals surface area contributed by atoms with Crippen LogP contribution in [0.1, 0.15) is 21.5 Å². The second-order valence-corrected chi connectivity index (χ2v) is 6.81. The smallest absolute Gasteiger partial charge is 0.250 e. The van der Waals surface area contributed by atoms with Crippen molar-refractivity contribution >= 4 is 17.2 Å². The van der Waals surface area contributed by atoms with Crippen LogP contribution in [0.3, 0.4) is 0 Å². The Balaban J connectivity index is 2.20. The molecule has 0 unspecified atom stereocenters. The summed E-state index contributed by atoms with van der Waals surface area (Å²) in [5.41, 5.74) is 8.89. The van der Waals surface area contributed by atoms with Crippen molar-refractivity contribution in [2.45, 2.75) is 13.8 Å². The van der Waals surface area contributed by atoms with Gasteiger partial charge in [-0.1, -0.05) is 12.1 Å². The molecule has 0 saturated carbocycles. The molecule has 122 valence electrons. The molecule has 0 bridgehead atoms. The molecule has 1 heterocycles. The van der Waals surface area contributed by atoms with Crippen molar-refractivity contribution in [2.24, 2.45) is 5.73 Å². The molecule has 3 aromatic rings. The molecule has 24 heavy (non-hydrogen) atoms. The summed E-state index contributed by atoms with van der Waals surface area (Å²) in [5, 5.41) is 20.4. The number of carbonyl (C=O) groups is 1. The number of benzene rings is 2. The summed E-state index contributed by atoms with van der Waals surface area (Å²) >= 11 is 1.31. The maximum absolute atomic E-state index is 11.8. The lowest BCUT2D eigenvalue weighted by Crippen LogP contribution is -2.10. The van der Waals surface area contributed by atoms with E-state index in [0.717, 1.165) is 16.0 Å². The maximum Gasteiger partial charge on any atom is 0.250 e. The van der Waals surface area contributed by atoms with Crippen molar-refractivity contribution in [3.8, 4) is 32.4 Å². The number of aromatic hydroxyl groups is 2. The van der Waals surface area contributed by atoms with E-state index in [1.807, 2.05) is 26.0 Å². The van der Waals surface area contributed by atoms with Gasteiger partial charge < -0.3 is 15.9 Å². The minimum Gasteiger partial charge on any atom is -0.507 e. The topological polar surface area (TPSA) is 83.6 Å². The third-order valence-corrected chi connectivity index (χ3v) is 5.02. The van der Waals surface area contributed by atoms with E-state index in [-0.39, 0.29) is 11.5 Å². The highest BCUT2D eigenvalue weighted by Crippen LogP contribution is 2.43. The summed E-state index contributed by atoms with van der Waals surface area (Å²) in [7, 11) is 0. The van der Waals surface area contributed by atoms with Gasteiger partial charge in [0.1, 0.15) is 11.5 Å². The largest absolute Gasteiger partial charge is 0.507 e. The zero-order chi connectivity index (χ0) is 17.4. The van der Waals surface area contributed by atoms with Crippen LogP contribution < -0.4 is 5.73 Å². The zero-order valence-corrected chi connectivity index (χ0v) is 14.1. The number of aryl methyl sites for hydroxylation is 2. The van der Waals surface area contributed by atoms with E-state index in [0.29, 0.717) is 21.6 Å². The van der Waals surface area contributed by atoms with E-state index in [1.165, 1.54) is 11.3 Å². The first kappa shape index (κ1) is 16.1. The van der Waals surface area contributed by atoms with Gasteiger partial charge in [-0.15, -0.1) is 11.3 Å². The van der Waals surface area contributed by atoms with Crippen LogP contribution in [0.4, 0.5) is 0 Å². The van der Waals surface area contributed by atoms with E-state index in [4.69, 9.17) is 5.73 Å². The van der Waals surface area contributed by atoms with E-state index in [2.05, 4.69) is 0 Å². The Labute approximate surface area is 143 Å². The fourth-order valence-corrected chi connectivity index (χ4v) is 3.82. The van der Waals surface area contributed by atoms with Gasteiger partial charge in [0.2, 0.25) is 5.91 Å². The number of phenols is 2. The predicted octanol–water partition coefficient (Wildman–Crippen LogP) is 4.21. The predicted molar refractivity (Wildman–Crippen MR) is 96.5 cm³/mol. The summed E-state index contributed by atoms with van der Waals surface area (Å²) in [6.07, 6.45) is 0. The summed E-state index contributed by atoms with van der Waals surface area (Å²) in [5.74, 6) is -0.329. The molecule has 0 fully saturated rings. The molecule has 1 amide bonds. The molecular weight excluding hydrogens is 322 g/mol. The number of hydrogen-bond donors (Lipinski definition) is 3. The monoisotopic (exact) mass is 339 g/mol. The van der Waals surface area contributed by atoms with Gasteiger partial charge in [0.25, 0.3) is 0 Å². The average Bonchev–Trinajstić information content (AvgIpc) is 2.92. The van der Waals surface area contributed by atoms with Crippen LogP contribution in [-0.4, -0.2) is 16.1 Å². The highest BCUT2D eigenvalue weighted by molar-refractivity contribution is 7.19. The molecule has 0 saturated heterocycles. The Morgan fingerprint density at radius 3 is 1.96 bits per heavy atom. The molecule has 0 aliphatic heterocycles. The van der Waals surface area contributed by atoms with Gasteiger partial charge in [-0.3, -0.25) is 4.79 Å². The fourth-order valence-electron chi connectivity index (χ4n) is 2.59. The molecule has 2 aromatic carbocycles. The van der Waals surface area contributed by atoms with Gasteiger partial charge in [0, 0.05) is 16.0 Å². The van der Waals surface area contributed by atoms with Crippen LogP contribution in [0.25, 0.3) is 20.9 Å². The highest BCUT2D eigenvalue weighted by Gasteiger charge is 2.19. The van der Waals surface area contributed by atoms with Gasteiger partial charge in [-0.25, -0.2) is 0 Å². The van der Waals surface area contributed by atoms with E-state index >= 15 is 0 Å².